The Balaban J connectivity index is 1.60. The molecular formula is C17H22N2O2. The molecule has 0 aliphatic heterocycles. The van der Waals surface area contributed by atoms with Gasteiger partial charge in [0.2, 0.25) is 0 Å². The van der Waals surface area contributed by atoms with Crippen molar-refractivity contribution < 1.29 is 9.63 Å². The molecule has 1 heterocycles. The summed E-state index contributed by atoms with van der Waals surface area (Å²) in [6, 6.07) is 9.93. The van der Waals surface area contributed by atoms with Gasteiger partial charge in [-0.25, -0.2) is 0 Å². The first kappa shape index (κ1) is 14.3. The molecule has 0 bridgehead atoms. The van der Waals surface area contributed by atoms with E-state index >= 15 is 0 Å². The normalized spacial score (nSPS) is 17.7. The van der Waals surface area contributed by atoms with Crippen LogP contribution in [-0.2, 0) is 6.54 Å². The highest BCUT2D eigenvalue weighted by molar-refractivity contribution is 5.23. The summed E-state index contributed by atoms with van der Waals surface area (Å²) in [5, 5.41) is 18.0. The van der Waals surface area contributed by atoms with Crippen LogP contribution in [0.4, 0.5) is 0 Å². The zero-order chi connectivity index (χ0) is 14.9. The van der Waals surface area contributed by atoms with Crippen LogP contribution in [-0.4, -0.2) is 16.8 Å². The number of nitrogens with one attached hydrogen (secondary N) is 1. The van der Waals surface area contributed by atoms with Gasteiger partial charge in [0.1, 0.15) is 5.76 Å². The van der Waals surface area contributed by atoms with Crippen molar-refractivity contribution in [1.29, 1.82) is 0 Å². The molecule has 3 rings (SSSR count). The molecule has 4 nitrogen and oxygen atoms in total. The predicted molar refractivity (Wildman–Crippen MR) is 80.8 cm³/mol. The summed E-state index contributed by atoms with van der Waals surface area (Å²) in [6.45, 7) is 5.44. The van der Waals surface area contributed by atoms with Gasteiger partial charge in [-0.3, -0.25) is 0 Å². The Labute approximate surface area is 125 Å². The third-order valence-electron chi connectivity index (χ3n) is 4.55. The Morgan fingerprint density at radius 2 is 2.00 bits per heavy atom. The van der Waals surface area contributed by atoms with Gasteiger partial charge in [0.25, 0.3) is 0 Å². The third kappa shape index (κ3) is 2.87. The highest BCUT2D eigenvalue weighted by Gasteiger charge is 2.48. The highest BCUT2D eigenvalue weighted by Crippen LogP contribution is 2.54. The van der Waals surface area contributed by atoms with Crippen LogP contribution in [0.25, 0.3) is 0 Å². The van der Waals surface area contributed by atoms with Crippen molar-refractivity contribution in [3.05, 3.63) is 52.9 Å². The fraction of sp³-hybridized carbons (Fsp3) is 0.471. The van der Waals surface area contributed by atoms with Crippen LogP contribution in [0.3, 0.4) is 0 Å². The number of hydrogen-bond donors (Lipinski definition) is 2. The minimum absolute atomic E-state index is 0.0136. The molecule has 1 aliphatic carbocycles. The lowest BCUT2D eigenvalue weighted by Crippen LogP contribution is -2.28. The largest absolute Gasteiger partial charge is 0.388 e. The first-order valence-electron chi connectivity index (χ1n) is 7.48. The maximum atomic E-state index is 10.6. The van der Waals surface area contributed by atoms with Gasteiger partial charge in [0.15, 0.2) is 0 Å². The van der Waals surface area contributed by atoms with E-state index in [9.17, 15) is 5.11 Å². The van der Waals surface area contributed by atoms with Gasteiger partial charge < -0.3 is 14.9 Å². The summed E-state index contributed by atoms with van der Waals surface area (Å²) in [5.74, 6) is 0.869. The van der Waals surface area contributed by atoms with Crippen molar-refractivity contribution in [3.63, 3.8) is 0 Å². The Hall–Kier alpha value is -1.65. The van der Waals surface area contributed by atoms with E-state index in [1.165, 1.54) is 0 Å². The molecule has 0 radical (unpaired) electrons. The Bertz CT molecular complexity index is 583. The fourth-order valence-corrected chi connectivity index (χ4v) is 2.89. The first-order chi connectivity index (χ1) is 10.1. The number of aryl methyl sites for hydroxylation is 2. The summed E-state index contributed by atoms with van der Waals surface area (Å²) >= 11 is 0. The minimum atomic E-state index is -0.393. The molecule has 1 atom stereocenters. The molecule has 21 heavy (non-hydrogen) atoms. The molecule has 1 fully saturated rings. The fourth-order valence-electron chi connectivity index (χ4n) is 2.89. The lowest BCUT2D eigenvalue weighted by molar-refractivity contribution is 0.0917. The predicted octanol–water partition coefficient (Wildman–Crippen LogP) is 2.89. The highest BCUT2D eigenvalue weighted by atomic mass is 16.5. The summed E-state index contributed by atoms with van der Waals surface area (Å²) in [4.78, 5) is 0. The van der Waals surface area contributed by atoms with Crippen LogP contribution in [0.5, 0.6) is 0 Å². The summed E-state index contributed by atoms with van der Waals surface area (Å²) < 4.78 is 5.17. The number of rotatable bonds is 6. The second-order valence-electron chi connectivity index (χ2n) is 6.08. The molecular weight excluding hydrogens is 264 g/mol. The molecule has 4 heteroatoms. The Morgan fingerprint density at radius 1 is 1.29 bits per heavy atom. The van der Waals surface area contributed by atoms with Crippen molar-refractivity contribution in [2.45, 2.75) is 39.3 Å². The molecule has 2 aromatic rings. The Kier molecular flexibility index (Phi) is 3.83. The molecule has 1 aliphatic rings. The zero-order valence-corrected chi connectivity index (χ0v) is 12.6. The van der Waals surface area contributed by atoms with E-state index < -0.39 is 6.10 Å². The molecule has 1 aromatic carbocycles. The van der Waals surface area contributed by atoms with Crippen molar-refractivity contribution in [2.24, 2.45) is 5.41 Å². The summed E-state index contributed by atoms with van der Waals surface area (Å²) in [7, 11) is 0. The van der Waals surface area contributed by atoms with Crippen LogP contribution in [0.1, 0.15) is 41.5 Å². The van der Waals surface area contributed by atoms with Gasteiger partial charge in [0.05, 0.1) is 11.8 Å². The van der Waals surface area contributed by atoms with Gasteiger partial charge >= 0.3 is 0 Å². The SMILES string of the molecule is Cc1noc(C)c1CNCC1(C(O)c2ccccc2)CC1. The molecule has 1 saturated carbocycles. The molecule has 1 unspecified atom stereocenters. The van der Waals surface area contributed by atoms with Crippen LogP contribution >= 0.6 is 0 Å². The number of hydrogen-bond acceptors (Lipinski definition) is 4. The summed E-state index contributed by atoms with van der Waals surface area (Å²) in [5.41, 5.74) is 3.06. The second-order valence-corrected chi connectivity index (χ2v) is 6.08. The molecule has 0 spiro atoms. The van der Waals surface area contributed by atoms with E-state index in [4.69, 9.17) is 4.52 Å². The van der Waals surface area contributed by atoms with Crippen LogP contribution in [0.15, 0.2) is 34.9 Å². The topological polar surface area (TPSA) is 58.3 Å². The van der Waals surface area contributed by atoms with E-state index in [-0.39, 0.29) is 5.41 Å². The van der Waals surface area contributed by atoms with E-state index in [0.717, 1.165) is 48.5 Å². The lowest BCUT2D eigenvalue weighted by atomic mass is 9.92. The monoisotopic (exact) mass is 286 g/mol. The molecule has 2 N–H and O–H groups in total. The van der Waals surface area contributed by atoms with Crippen LogP contribution in [0.2, 0.25) is 0 Å². The van der Waals surface area contributed by atoms with E-state index in [0.29, 0.717) is 0 Å². The van der Waals surface area contributed by atoms with Gasteiger partial charge in [-0.15, -0.1) is 0 Å². The number of benzene rings is 1. The number of aromatic nitrogens is 1. The van der Waals surface area contributed by atoms with E-state index in [1.54, 1.807) is 0 Å². The number of aliphatic hydroxyl groups excluding tert-OH is 1. The summed E-state index contributed by atoms with van der Waals surface area (Å²) in [6.07, 6.45) is 1.74. The van der Waals surface area contributed by atoms with Crippen molar-refractivity contribution in [2.75, 3.05) is 6.54 Å². The van der Waals surface area contributed by atoms with Gasteiger partial charge in [-0.05, 0) is 32.3 Å². The zero-order valence-electron chi connectivity index (χ0n) is 12.6. The standard InChI is InChI=1S/C17H22N2O2/c1-12-15(13(2)21-19-12)10-18-11-17(8-9-17)16(20)14-6-4-3-5-7-14/h3-7,16,18,20H,8-11H2,1-2H3. The van der Waals surface area contributed by atoms with E-state index in [1.807, 2.05) is 44.2 Å². The molecule has 1 aromatic heterocycles. The molecule has 0 saturated heterocycles. The van der Waals surface area contributed by atoms with Crippen molar-refractivity contribution in [1.82, 2.24) is 10.5 Å². The lowest BCUT2D eigenvalue weighted by Gasteiger charge is -2.23. The Morgan fingerprint density at radius 3 is 2.57 bits per heavy atom. The van der Waals surface area contributed by atoms with Crippen LogP contribution < -0.4 is 5.32 Å². The van der Waals surface area contributed by atoms with Crippen molar-refractivity contribution >= 4 is 0 Å². The number of nitrogens with zero attached hydrogens (tertiary/aromatic N) is 1. The average molecular weight is 286 g/mol. The quantitative estimate of drug-likeness (QED) is 0.857. The smallest absolute Gasteiger partial charge is 0.138 e. The average Bonchev–Trinajstić information content (AvgIpc) is 3.23. The second kappa shape index (κ2) is 5.62. The third-order valence-corrected chi connectivity index (χ3v) is 4.55. The van der Waals surface area contributed by atoms with Gasteiger partial charge in [-0.1, -0.05) is 35.5 Å². The van der Waals surface area contributed by atoms with Crippen molar-refractivity contribution in [3.8, 4) is 0 Å². The maximum absolute atomic E-state index is 10.6. The maximum Gasteiger partial charge on any atom is 0.138 e. The first-order valence-corrected chi connectivity index (χ1v) is 7.48. The van der Waals surface area contributed by atoms with E-state index in [2.05, 4.69) is 10.5 Å². The van der Waals surface area contributed by atoms with Gasteiger partial charge in [0, 0.05) is 24.1 Å². The number of aliphatic hydroxyl groups is 1. The molecule has 112 valence electrons. The van der Waals surface area contributed by atoms with Gasteiger partial charge in [-0.2, -0.15) is 0 Å². The molecule has 0 amide bonds. The van der Waals surface area contributed by atoms with Crippen LogP contribution in [0, 0.1) is 19.3 Å². The minimum Gasteiger partial charge on any atom is -0.388 e.